The van der Waals surface area contributed by atoms with Crippen molar-refractivity contribution >= 4 is 23.0 Å². The van der Waals surface area contributed by atoms with E-state index in [0.717, 1.165) is 11.3 Å². The maximum atomic E-state index is 12.1. The third-order valence-corrected chi connectivity index (χ3v) is 4.81. The molecule has 1 aromatic carbocycles. The van der Waals surface area contributed by atoms with Gasteiger partial charge in [-0.05, 0) is 22.4 Å². The molecule has 0 fully saturated rings. The largest absolute Gasteiger partial charge is 0.464 e. The molecule has 0 aliphatic heterocycles. The fourth-order valence-corrected chi connectivity index (χ4v) is 2.74. The smallest absolute Gasteiger partial charge is 0.408 e. The lowest BCUT2D eigenvalue weighted by molar-refractivity contribution is 0.0543. The van der Waals surface area contributed by atoms with Crippen LogP contribution in [0.1, 0.15) is 21.7 Å². The highest BCUT2D eigenvalue weighted by atomic mass is 32.2. The molecule has 0 atom stereocenters. The number of esters is 1. The Labute approximate surface area is 179 Å². The molecule has 1 N–H and O–H groups in total. The Hall–Kier alpha value is -2.96. The number of benzene rings is 1. The van der Waals surface area contributed by atoms with Crippen LogP contribution in [0.25, 0.3) is 0 Å². The molecule has 0 radical (unpaired) electrons. The topological polar surface area (TPSA) is 91.7 Å². The van der Waals surface area contributed by atoms with Crippen molar-refractivity contribution in [3.05, 3.63) is 53.6 Å². The molecular weight excluding hydrogens is 406 g/mol. The molecule has 8 nitrogen and oxygen atoms in total. The van der Waals surface area contributed by atoms with Gasteiger partial charge in [-0.3, -0.25) is 4.57 Å². The normalized spacial score (nSPS) is 10.3. The Kier molecular flexibility index (Phi) is 9.77. The van der Waals surface area contributed by atoms with Crippen molar-refractivity contribution in [2.24, 2.45) is 0 Å². The number of carbonyl (C=O) groups is 2. The molecule has 9 heteroatoms. The van der Waals surface area contributed by atoms with Crippen molar-refractivity contribution in [2.45, 2.75) is 13.3 Å². The minimum atomic E-state index is -0.578. The highest BCUT2D eigenvalue weighted by Gasteiger charge is 2.18. The van der Waals surface area contributed by atoms with Crippen LogP contribution in [0.15, 0.2) is 36.7 Å². The summed E-state index contributed by atoms with van der Waals surface area (Å²) in [6.07, 6.45) is 5.18. The average molecular weight is 433 g/mol. The number of hydrogen-bond donors (Lipinski definition) is 1. The number of imidazole rings is 1. The summed E-state index contributed by atoms with van der Waals surface area (Å²) in [5.41, 5.74) is 1.36. The summed E-state index contributed by atoms with van der Waals surface area (Å²) < 4.78 is 17.1. The fourth-order valence-electron chi connectivity index (χ4n) is 2.29. The number of aromatic nitrogens is 2. The number of ether oxygens (including phenoxy) is 3. The number of rotatable bonds is 9. The number of hydrogen-bond acceptors (Lipinski definition) is 6. The highest BCUT2D eigenvalue weighted by molar-refractivity contribution is 7.95. The van der Waals surface area contributed by atoms with Gasteiger partial charge >= 0.3 is 12.1 Å². The first-order valence-corrected chi connectivity index (χ1v) is 11.4. The zero-order valence-electron chi connectivity index (χ0n) is 17.3. The van der Waals surface area contributed by atoms with Gasteiger partial charge < -0.3 is 19.5 Å². The monoisotopic (exact) mass is 432 g/mol. The van der Waals surface area contributed by atoms with E-state index < -0.39 is 12.1 Å². The van der Waals surface area contributed by atoms with Gasteiger partial charge in [-0.15, -0.1) is 0 Å². The Morgan fingerprint density at radius 3 is 2.70 bits per heavy atom. The second-order valence-electron chi connectivity index (χ2n) is 6.35. The molecule has 1 aromatic heterocycles. The van der Waals surface area contributed by atoms with Gasteiger partial charge in [-0.1, -0.05) is 36.3 Å². The molecule has 30 heavy (non-hydrogen) atoms. The van der Waals surface area contributed by atoms with Gasteiger partial charge in [0.15, 0.2) is 5.69 Å². The SMILES string of the molecule is COC(=O)c1c(C#CCNC(=O)OCc2ccccc2)ncn1COCC[S+](C)C. The van der Waals surface area contributed by atoms with Crippen LogP contribution in [0.5, 0.6) is 0 Å². The number of methoxy groups -OCH3 is 1. The van der Waals surface area contributed by atoms with E-state index in [1.807, 2.05) is 30.3 Å². The van der Waals surface area contributed by atoms with Crippen LogP contribution in [0, 0.1) is 11.8 Å². The molecule has 0 spiro atoms. The molecule has 0 saturated carbocycles. The van der Waals surface area contributed by atoms with Gasteiger partial charge in [-0.25, -0.2) is 14.6 Å². The molecule has 2 rings (SSSR count). The van der Waals surface area contributed by atoms with Gasteiger partial charge in [0.25, 0.3) is 0 Å². The van der Waals surface area contributed by atoms with Crippen LogP contribution in [0.2, 0.25) is 0 Å². The molecule has 1 amide bonds. The Morgan fingerprint density at radius 2 is 2.00 bits per heavy atom. The summed E-state index contributed by atoms with van der Waals surface area (Å²) in [5, 5.41) is 2.54. The van der Waals surface area contributed by atoms with Gasteiger partial charge in [0.1, 0.15) is 24.8 Å². The Balaban J connectivity index is 1.88. The molecule has 0 aliphatic rings. The quantitative estimate of drug-likeness (QED) is 0.281. The maximum absolute atomic E-state index is 12.1. The van der Waals surface area contributed by atoms with Crippen LogP contribution < -0.4 is 5.32 Å². The summed E-state index contributed by atoms with van der Waals surface area (Å²) >= 11 is 0. The third kappa shape index (κ3) is 7.81. The van der Waals surface area contributed by atoms with Crippen molar-refractivity contribution < 1.29 is 23.8 Å². The summed E-state index contributed by atoms with van der Waals surface area (Å²) in [7, 11) is 1.58. The minimum absolute atomic E-state index is 0.0485. The third-order valence-electron chi connectivity index (χ3n) is 3.82. The first-order valence-electron chi connectivity index (χ1n) is 9.20. The summed E-state index contributed by atoms with van der Waals surface area (Å²) in [6, 6.07) is 9.36. The second-order valence-corrected chi connectivity index (χ2v) is 8.73. The van der Waals surface area contributed by atoms with E-state index in [0.29, 0.717) is 6.61 Å². The molecule has 2 aromatic rings. The summed E-state index contributed by atoms with van der Waals surface area (Å²) in [6.45, 7) is 0.993. The summed E-state index contributed by atoms with van der Waals surface area (Å²) in [4.78, 5) is 28.0. The van der Waals surface area contributed by atoms with E-state index in [2.05, 4.69) is 34.7 Å². The molecule has 0 aliphatic carbocycles. The number of amides is 1. The van der Waals surface area contributed by atoms with Crippen LogP contribution >= 0.6 is 0 Å². The van der Waals surface area contributed by atoms with Crippen LogP contribution in [-0.2, 0) is 38.4 Å². The summed E-state index contributed by atoms with van der Waals surface area (Å²) in [5.74, 6) is 5.93. The Bertz CT molecular complexity index is 887. The molecule has 0 saturated heterocycles. The van der Waals surface area contributed by atoms with Crippen molar-refractivity contribution in [1.29, 1.82) is 0 Å². The predicted octanol–water partition coefficient (Wildman–Crippen LogP) is 1.80. The first kappa shape index (κ1) is 23.3. The van der Waals surface area contributed by atoms with E-state index in [1.165, 1.54) is 13.4 Å². The lowest BCUT2D eigenvalue weighted by atomic mass is 10.2. The minimum Gasteiger partial charge on any atom is -0.464 e. The predicted molar refractivity (Wildman–Crippen MR) is 115 cm³/mol. The zero-order chi connectivity index (χ0) is 21.8. The van der Waals surface area contributed by atoms with Crippen molar-refractivity contribution in [1.82, 2.24) is 14.9 Å². The van der Waals surface area contributed by atoms with E-state index in [-0.39, 0.29) is 42.2 Å². The van der Waals surface area contributed by atoms with Gasteiger partial charge in [0.05, 0.1) is 39.1 Å². The highest BCUT2D eigenvalue weighted by Crippen LogP contribution is 2.09. The Morgan fingerprint density at radius 1 is 1.23 bits per heavy atom. The van der Waals surface area contributed by atoms with E-state index >= 15 is 0 Å². The lowest BCUT2D eigenvalue weighted by Crippen LogP contribution is -2.24. The van der Waals surface area contributed by atoms with Crippen molar-refractivity contribution in [3.8, 4) is 11.8 Å². The van der Waals surface area contributed by atoms with Crippen LogP contribution in [0.3, 0.4) is 0 Å². The second kappa shape index (κ2) is 12.6. The van der Waals surface area contributed by atoms with Gasteiger partial charge in [-0.2, -0.15) is 0 Å². The first-order chi connectivity index (χ1) is 14.5. The number of nitrogens with zero attached hydrogens (tertiary/aromatic N) is 2. The number of nitrogens with one attached hydrogen (secondary N) is 1. The number of carbonyl (C=O) groups excluding carboxylic acids is 2. The van der Waals surface area contributed by atoms with Crippen LogP contribution in [-0.4, -0.2) is 60.1 Å². The molecular formula is C21H26N3O5S+. The van der Waals surface area contributed by atoms with Crippen molar-refractivity contribution in [3.63, 3.8) is 0 Å². The van der Waals surface area contributed by atoms with Crippen LogP contribution in [0.4, 0.5) is 4.79 Å². The van der Waals surface area contributed by atoms with Crippen molar-refractivity contribution in [2.75, 3.05) is 38.5 Å². The molecule has 160 valence electrons. The van der Waals surface area contributed by atoms with Gasteiger partial charge in [0.2, 0.25) is 0 Å². The van der Waals surface area contributed by atoms with E-state index in [4.69, 9.17) is 14.2 Å². The van der Waals surface area contributed by atoms with E-state index in [9.17, 15) is 9.59 Å². The number of alkyl carbamates (subject to hydrolysis) is 1. The fraction of sp³-hybridized carbons (Fsp3) is 0.381. The molecule has 0 bridgehead atoms. The zero-order valence-corrected chi connectivity index (χ0v) is 18.2. The van der Waals surface area contributed by atoms with E-state index in [1.54, 1.807) is 4.57 Å². The molecule has 0 unspecified atom stereocenters. The van der Waals surface area contributed by atoms with Gasteiger partial charge in [0, 0.05) is 0 Å². The maximum Gasteiger partial charge on any atom is 0.408 e. The average Bonchev–Trinajstić information content (AvgIpc) is 3.15. The lowest BCUT2D eigenvalue weighted by Gasteiger charge is -2.07. The molecule has 1 heterocycles. The standard InChI is InChI=1S/C21H25N3O5S/c1-27-20(25)19-18(23-15-24(19)16-28-12-13-30(2)3)10-7-11-22-21(26)29-14-17-8-5-4-6-9-17/h4-6,8-9,15H,11-14,16H2,1-3H3/p+1.